The number of nitrogens with zero attached hydrogens (tertiary/aromatic N) is 1. The van der Waals surface area contributed by atoms with E-state index in [0.29, 0.717) is 6.42 Å². The molecular formula is C11H8F4N2S. The quantitative estimate of drug-likeness (QED) is 0.684. The summed E-state index contributed by atoms with van der Waals surface area (Å²) >= 11 is 1.48. The van der Waals surface area contributed by atoms with Crippen molar-refractivity contribution in [3.8, 4) is 0 Å². The normalized spacial score (nSPS) is 10.7. The third-order valence-corrected chi connectivity index (χ3v) is 3.19. The molecule has 0 amide bonds. The van der Waals surface area contributed by atoms with E-state index >= 15 is 0 Å². The monoisotopic (exact) mass is 276 g/mol. The van der Waals surface area contributed by atoms with Crippen molar-refractivity contribution in [1.29, 1.82) is 0 Å². The summed E-state index contributed by atoms with van der Waals surface area (Å²) in [5, 5.41) is 4.20. The molecule has 0 aromatic carbocycles. The van der Waals surface area contributed by atoms with Crippen LogP contribution in [0.5, 0.6) is 0 Å². The Morgan fingerprint density at radius 3 is 2.33 bits per heavy atom. The highest BCUT2D eigenvalue weighted by Gasteiger charge is 2.20. The van der Waals surface area contributed by atoms with Crippen molar-refractivity contribution >= 4 is 17.0 Å². The molecule has 0 saturated carbocycles. The van der Waals surface area contributed by atoms with Gasteiger partial charge in [0.1, 0.15) is 5.69 Å². The van der Waals surface area contributed by atoms with Crippen LogP contribution in [0.2, 0.25) is 0 Å². The number of halogens is 4. The van der Waals surface area contributed by atoms with E-state index in [1.54, 1.807) is 0 Å². The average Bonchev–Trinajstić information content (AvgIpc) is 2.84. The Kier molecular flexibility index (Phi) is 3.81. The molecule has 96 valence electrons. The fraction of sp³-hybridized carbons (Fsp3) is 0.182. The van der Waals surface area contributed by atoms with E-state index in [0.717, 1.165) is 4.88 Å². The second-order valence-electron chi connectivity index (χ2n) is 3.45. The lowest BCUT2D eigenvalue weighted by Gasteiger charge is -2.08. The van der Waals surface area contributed by atoms with E-state index in [1.807, 2.05) is 17.5 Å². The van der Waals surface area contributed by atoms with Gasteiger partial charge in [0.15, 0.2) is 0 Å². The van der Waals surface area contributed by atoms with Gasteiger partial charge in [-0.2, -0.15) is 22.5 Å². The number of nitrogens with one attached hydrogen (secondary N) is 1. The summed E-state index contributed by atoms with van der Waals surface area (Å²) in [5.41, 5.74) is -0.823. The summed E-state index contributed by atoms with van der Waals surface area (Å²) in [6.07, 6.45) is 0.502. The minimum Gasteiger partial charge on any atom is -0.380 e. The van der Waals surface area contributed by atoms with E-state index in [4.69, 9.17) is 0 Å². The van der Waals surface area contributed by atoms with Crippen molar-refractivity contribution in [3.05, 3.63) is 45.9 Å². The van der Waals surface area contributed by atoms with Crippen LogP contribution >= 0.6 is 11.3 Å². The maximum atomic E-state index is 13.2. The van der Waals surface area contributed by atoms with E-state index in [1.165, 1.54) is 11.3 Å². The molecule has 0 radical (unpaired) electrons. The van der Waals surface area contributed by atoms with Gasteiger partial charge in [-0.05, 0) is 17.9 Å². The maximum absolute atomic E-state index is 13.2. The van der Waals surface area contributed by atoms with Gasteiger partial charge in [-0.25, -0.2) is 0 Å². The van der Waals surface area contributed by atoms with E-state index in [-0.39, 0.29) is 6.54 Å². The van der Waals surface area contributed by atoms with Crippen molar-refractivity contribution < 1.29 is 17.6 Å². The highest BCUT2D eigenvalue weighted by molar-refractivity contribution is 7.09. The Hall–Kier alpha value is -1.63. The second kappa shape index (κ2) is 5.34. The summed E-state index contributed by atoms with van der Waals surface area (Å²) < 4.78 is 52.0. The number of aromatic nitrogens is 1. The largest absolute Gasteiger partial charge is 0.380 e. The molecule has 0 aliphatic carbocycles. The lowest BCUT2D eigenvalue weighted by atomic mass is 10.3. The predicted molar refractivity (Wildman–Crippen MR) is 60.6 cm³/mol. The molecule has 0 aliphatic rings. The zero-order chi connectivity index (χ0) is 13.1. The van der Waals surface area contributed by atoms with E-state index in [9.17, 15) is 17.6 Å². The molecule has 0 aliphatic heterocycles. The first-order valence-electron chi connectivity index (χ1n) is 5.06. The summed E-state index contributed by atoms with van der Waals surface area (Å²) in [6.45, 7) is 0.164. The maximum Gasteiger partial charge on any atom is 0.253 e. The minimum absolute atomic E-state index is 0.164. The fourth-order valence-electron chi connectivity index (χ4n) is 1.41. The van der Waals surface area contributed by atoms with E-state index in [2.05, 4.69) is 10.3 Å². The second-order valence-corrected chi connectivity index (χ2v) is 4.48. The van der Waals surface area contributed by atoms with Crippen molar-refractivity contribution in [2.75, 3.05) is 11.9 Å². The molecule has 7 heteroatoms. The number of rotatable bonds is 4. The van der Waals surface area contributed by atoms with Crippen molar-refractivity contribution in [2.45, 2.75) is 6.42 Å². The SMILES string of the molecule is Fc1nc(F)c(F)c(NCCc2cccs2)c1F. The molecule has 18 heavy (non-hydrogen) atoms. The number of hydrogen-bond donors (Lipinski definition) is 1. The Labute approximate surface area is 104 Å². The van der Waals surface area contributed by atoms with Crippen LogP contribution in [0.25, 0.3) is 0 Å². The van der Waals surface area contributed by atoms with Gasteiger partial charge in [0.2, 0.25) is 11.6 Å². The molecule has 2 heterocycles. The van der Waals surface area contributed by atoms with Crippen molar-refractivity contribution in [2.24, 2.45) is 0 Å². The average molecular weight is 276 g/mol. The van der Waals surface area contributed by atoms with Crippen LogP contribution in [0.3, 0.4) is 0 Å². The van der Waals surface area contributed by atoms with Crippen LogP contribution in [0.4, 0.5) is 23.2 Å². The summed E-state index contributed by atoms with van der Waals surface area (Å²) in [7, 11) is 0. The molecule has 2 aromatic rings. The Bertz CT molecular complexity index is 516. The molecule has 0 unspecified atom stereocenters. The van der Waals surface area contributed by atoms with Gasteiger partial charge in [0.25, 0.3) is 11.9 Å². The standard InChI is InChI=1S/C11H8F4N2S/c12-7-9(8(13)11(15)17-10(7)14)16-4-3-6-2-1-5-18-6/h1-2,5H,3-4H2,(H,16,17). The lowest BCUT2D eigenvalue weighted by molar-refractivity contribution is 0.410. The zero-order valence-electron chi connectivity index (χ0n) is 9.01. The van der Waals surface area contributed by atoms with Gasteiger partial charge in [0, 0.05) is 11.4 Å². The highest BCUT2D eigenvalue weighted by atomic mass is 32.1. The smallest absolute Gasteiger partial charge is 0.253 e. The van der Waals surface area contributed by atoms with Gasteiger partial charge in [0.05, 0.1) is 0 Å². The van der Waals surface area contributed by atoms with Gasteiger partial charge < -0.3 is 5.32 Å². The predicted octanol–water partition coefficient (Wildman–Crippen LogP) is 3.35. The van der Waals surface area contributed by atoms with Gasteiger partial charge >= 0.3 is 0 Å². The zero-order valence-corrected chi connectivity index (χ0v) is 9.83. The molecule has 0 spiro atoms. The Morgan fingerprint density at radius 1 is 1.11 bits per heavy atom. The van der Waals surface area contributed by atoms with Crippen molar-refractivity contribution in [1.82, 2.24) is 4.98 Å². The highest BCUT2D eigenvalue weighted by Crippen LogP contribution is 2.22. The van der Waals surface area contributed by atoms with Crippen LogP contribution in [0.1, 0.15) is 4.88 Å². The first-order chi connectivity index (χ1) is 8.59. The third-order valence-electron chi connectivity index (χ3n) is 2.25. The topological polar surface area (TPSA) is 24.9 Å². The van der Waals surface area contributed by atoms with Crippen LogP contribution in [-0.4, -0.2) is 11.5 Å². The van der Waals surface area contributed by atoms with Gasteiger partial charge in [-0.15, -0.1) is 11.3 Å². The Morgan fingerprint density at radius 2 is 1.78 bits per heavy atom. The first-order valence-corrected chi connectivity index (χ1v) is 5.94. The molecule has 0 fully saturated rings. The lowest BCUT2D eigenvalue weighted by Crippen LogP contribution is -2.11. The summed E-state index contributed by atoms with van der Waals surface area (Å²) in [5.74, 6) is -6.35. The molecule has 2 rings (SSSR count). The molecule has 0 atom stereocenters. The van der Waals surface area contributed by atoms with Gasteiger partial charge in [-0.3, -0.25) is 0 Å². The van der Waals surface area contributed by atoms with E-state index < -0.39 is 29.2 Å². The minimum atomic E-state index is -1.66. The number of hydrogen-bond acceptors (Lipinski definition) is 3. The fourth-order valence-corrected chi connectivity index (χ4v) is 2.12. The summed E-state index contributed by atoms with van der Waals surface area (Å²) in [6, 6.07) is 3.69. The molecule has 1 N–H and O–H groups in total. The molecule has 2 aromatic heterocycles. The summed E-state index contributed by atoms with van der Waals surface area (Å²) in [4.78, 5) is 3.47. The van der Waals surface area contributed by atoms with Crippen LogP contribution in [-0.2, 0) is 6.42 Å². The number of thiophene rings is 1. The first kappa shape index (κ1) is 12.8. The van der Waals surface area contributed by atoms with Crippen LogP contribution in [0, 0.1) is 23.5 Å². The van der Waals surface area contributed by atoms with Crippen molar-refractivity contribution in [3.63, 3.8) is 0 Å². The van der Waals surface area contributed by atoms with Crippen LogP contribution in [0.15, 0.2) is 17.5 Å². The third kappa shape index (κ3) is 2.61. The Balaban J connectivity index is 2.09. The van der Waals surface area contributed by atoms with Crippen LogP contribution < -0.4 is 5.32 Å². The molecular weight excluding hydrogens is 268 g/mol. The molecule has 0 bridgehead atoms. The number of pyridine rings is 1. The molecule has 0 saturated heterocycles. The number of anilines is 1. The van der Waals surface area contributed by atoms with Gasteiger partial charge in [-0.1, -0.05) is 6.07 Å². The molecule has 2 nitrogen and oxygen atoms in total.